The van der Waals surface area contributed by atoms with E-state index in [0.29, 0.717) is 10.5 Å². The van der Waals surface area contributed by atoms with Crippen molar-refractivity contribution in [1.82, 2.24) is 20.9 Å². The van der Waals surface area contributed by atoms with Crippen molar-refractivity contribution in [2.24, 2.45) is 4.99 Å². The Labute approximate surface area is 433 Å². The molecule has 2 rings (SSSR count). The summed E-state index contributed by atoms with van der Waals surface area (Å²) in [7, 11) is 0. The third-order valence-corrected chi connectivity index (χ3v) is 8.29. The van der Waals surface area contributed by atoms with E-state index in [9.17, 15) is 43.2 Å². The molecular formula is C52H75N5O17. The number of esters is 5. The van der Waals surface area contributed by atoms with E-state index in [0.717, 1.165) is 0 Å². The summed E-state index contributed by atoms with van der Waals surface area (Å²) in [5.74, 6) is -6.00. The predicted molar refractivity (Wildman–Crippen MR) is 269 cm³/mol. The van der Waals surface area contributed by atoms with Crippen LogP contribution in [0.2, 0.25) is 0 Å². The summed E-state index contributed by atoms with van der Waals surface area (Å²) in [5, 5.41) is 7.16. The third kappa shape index (κ3) is 26.4. The summed E-state index contributed by atoms with van der Waals surface area (Å²) in [6, 6.07) is 7.84. The van der Waals surface area contributed by atoms with Gasteiger partial charge in [0.2, 0.25) is 11.9 Å². The second kappa shape index (κ2) is 25.6. The number of alkyl carbamates (subject to hydrolysis) is 2. The first kappa shape index (κ1) is 62.9. The number of nitrogens with zero attached hydrogens (tertiary/aromatic N) is 2. The minimum Gasteiger partial charge on any atom is -0.460 e. The summed E-state index contributed by atoms with van der Waals surface area (Å²) in [5.41, 5.74) is -5.19. The van der Waals surface area contributed by atoms with Crippen LogP contribution in [0.3, 0.4) is 0 Å². The van der Waals surface area contributed by atoms with Gasteiger partial charge in [-0.1, -0.05) is 12.1 Å². The third-order valence-electron chi connectivity index (χ3n) is 8.29. The lowest BCUT2D eigenvalue weighted by atomic mass is 10.1. The van der Waals surface area contributed by atoms with Gasteiger partial charge in [0.15, 0.2) is 0 Å². The van der Waals surface area contributed by atoms with E-state index >= 15 is 0 Å². The minimum atomic E-state index is -1.89. The van der Waals surface area contributed by atoms with Crippen LogP contribution in [0.15, 0.2) is 53.5 Å². The van der Waals surface area contributed by atoms with E-state index < -0.39 is 126 Å². The molecule has 2 atom stereocenters. The number of carbonyl (C=O) groups excluding carboxylic acids is 9. The van der Waals surface area contributed by atoms with Crippen molar-refractivity contribution in [2.75, 3.05) is 6.54 Å². The molecule has 3 N–H and O–H groups in total. The number of hydrogen-bond acceptors (Lipinski definition) is 18. The Morgan fingerprint density at radius 1 is 0.527 bits per heavy atom. The maximum atomic E-state index is 14.3. The highest BCUT2D eigenvalue weighted by Gasteiger charge is 2.40. The molecule has 22 nitrogen and oxygen atoms in total. The molecule has 0 aliphatic carbocycles. The first-order valence-corrected chi connectivity index (χ1v) is 23.7. The zero-order valence-electron chi connectivity index (χ0n) is 45.9. The summed E-state index contributed by atoms with van der Waals surface area (Å²) in [4.78, 5) is 125. The maximum Gasteiger partial charge on any atom is 0.414 e. The number of rotatable bonds is 15. The molecule has 0 spiro atoms. The fourth-order valence-electron chi connectivity index (χ4n) is 5.82. The van der Waals surface area contributed by atoms with Gasteiger partial charge in [-0.05, 0) is 167 Å². The Hall–Kier alpha value is -7.26. The predicted octanol–water partition coefficient (Wildman–Crippen LogP) is 7.88. The van der Waals surface area contributed by atoms with Gasteiger partial charge < -0.3 is 43.2 Å². The van der Waals surface area contributed by atoms with Crippen LogP contribution in [0.25, 0.3) is 0 Å². The fourth-order valence-corrected chi connectivity index (χ4v) is 5.82. The largest absolute Gasteiger partial charge is 0.460 e. The molecular weight excluding hydrogens is 967 g/mol. The monoisotopic (exact) mass is 1040 g/mol. The molecule has 1 unspecified atom stereocenters. The van der Waals surface area contributed by atoms with E-state index in [4.69, 9.17) is 37.9 Å². The van der Waals surface area contributed by atoms with Crippen LogP contribution >= 0.6 is 0 Å². The minimum absolute atomic E-state index is 0.0872. The molecule has 4 amide bonds. The molecule has 0 saturated heterocycles. The van der Waals surface area contributed by atoms with Gasteiger partial charge in [0.25, 0.3) is 0 Å². The zero-order valence-corrected chi connectivity index (χ0v) is 45.9. The van der Waals surface area contributed by atoms with Crippen molar-refractivity contribution < 1.29 is 81.0 Å². The van der Waals surface area contributed by atoms with Crippen molar-refractivity contribution >= 4 is 65.7 Å². The smallest absolute Gasteiger partial charge is 0.414 e. The quantitative estimate of drug-likeness (QED) is 0.0503. The van der Waals surface area contributed by atoms with Crippen LogP contribution in [-0.4, -0.2) is 117 Å². The molecule has 74 heavy (non-hydrogen) atoms. The molecule has 0 heterocycles. The lowest BCUT2D eigenvalue weighted by Gasteiger charge is -2.32. The molecule has 0 aliphatic heterocycles. The first-order chi connectivity index (χ1) is 33.5. The number of nitrogens with one attached hydrogen (secondary N) is 3. The topological polar surface area (TPSA) is 279 Å². The van der Waals surface area contributed by atoms with E-state index in [1.807, 2.05) is 0 Å². The number of carbonyl (C=O) groups is 9. The van der Waals surface area contributed by atoms with Crippen molar-refractivity contribution in [3.8, 4) is 5.75 Å². The van der Waals surface area contributed by atoms with Gasteiger partial charge in [0.05, 0.1) is 24.1 Å². The van der Waals surface area contributed by atoms with E-state index in [1.165, 1.54) is 48.5 Å². The first-order valence-electron chi connectivity index (χ1n) is 23.7. The Balaban J connectivity index is 2.42. The number of ether oxygens (including phenoxy) is 8. The summed E-state index contributed by atoms with van der Waals surface area (Å²) in [6.07, 6.45) is -4.61. The molecule has 0 aliphatic rings. The number of aliphatic imine (C=N–C) groups is 1. The number of amides is 4. The summed E-state index contributed by atoms with van der Waals surface area (Å²) in [6.45, 7) is 27.6. The number of hydrogen-bond donors (Lipinski definition) is 3. The molecule has 0 bridgehead atoms. The van der Waals surface area contributed by atoms with Crippen molar-refractivity contribution in [2.45, 2.75) is 190 Å². The van der Waals surface area contributed by atoms with Crippen LogP contribution in [0, 0.1) is 0 Å². The average Bonchev–Trinajstić information content (AvgIpc) is 3.17. The normalized spacial score (nSPS) is 12.8. The Bertz CT molecular complexity index is 2320. The van der Waals surface area contributed by atoms with Gasteiger partial charge in [-0.3, -0.25) is 34.7 Å². The lowest BCUT2D eigenvalue weighted by Crippen LogP contribution is -2.56. The second-order valence-electron chi connectivity index (χ2n) is 22.8. The highest BCUT2D eigenvalue weighted by molar-refractivity contribution is 6.02. The Morgan fingerprint density at radius 3 is 1.41 bits per heavy atom. The molecule has 2 aromatic rings. The SMILES string of the molecule is CC(C)(C)OC(=O)CC(C(=O)N[C@@H](CC(=O)OC(C)(C)C)C(=O)OC(C)(C)C)N(CC(=O)OC(C)(C)C)C(=O)OCc1ccc(OC(=O)c2ccc(N=C(NC(=O)OC(C)(C)C)NC(=O)OC(C)(C)C)cc2)cc1. The van der Waals surface area contributed by atoms with Gasteiger partial charge >= 0.3 is 48.1 Å². The van der Waals surface area contributed by atoms with Gasteiger partial charge in [-0.2, -0.15) is 0 Å². The van der Waals surface area contributed by atoms with Crippen LogP contribution < -0.4 is 20.7 Å². The van der Waals surface area contributed by atoms with Gasteiger partial charge in [0.1, 0.15) is 64.6 Å². The summed E-state index contributed by atoms with van der Waals surface area (Å²) < 4.78 is 43.5. The number of guanidine groups is 1. The zero-order chi connectivity index (χ0) is 56.8. The highest BCUT2D eigenvalue weighted by atomic mass is 16.6. The van der Waals surface area contributed by atoms with E-state index in [1.54, 1.807) is 125 Å². The maximum absolute atomic E-state index is 14.3. The van der Waals surface area contributed by atoms with Crippen molar-refractivity contribution in [3.63, 3.8) is 0 Å². The molecule has 0 saturated carbocycles. The molecule has 0 radical (unpaired) electrons. The van der Waals surface area contributed by atoms with Gasteiger partial charge in [0, 0.05) is 0 Å². The van der Waals surface area contributed by atoms with Crippen LogP contribution in [-0.2, 0) is 63.7 Å². The van der Waals surface area contributed by atoms with Crippen LogP contribution in [0.1, 0.15) is 153 Å². The standard InChI is InChI=1S/C52H75N5O17/c1-47(2,3)69-37(58)27-35(42(63)72-50(10,11)12)54-40(61)36(28-38(59)70-48(4,5)6)57(29-39(60)71-49(7,8)9)46(66)67-30-31-19-25-34(26-20-31)68-41(62)32-21-23-33(24-22-32)53-43(55-44(64)73-51(13,14)15)56-45(65)74-52(16,17)18/h19-26,35-36H,27-30H2,1-18H3,(H,54,61)(H2,53,55,56,64,65)/t35-,36?/m0/s1. The Morgan fingerprint density at radius 2 is 0.959 bits per heavy atom. The van der Waals surface area contributed by atoms with Crippen molar-refractivity contribution in [3.05, 3.63) is 59.7 Å². The molecule has 22 heteroatoms. The highest BCUT2D eigenvalue weighted by Crippen LogP contribution is 2.22. The Kier molecular flexibility index (Phi) is 21.7. The molecule has 2 aromatic carbocycles. The molecule has 0 aromatic heterocycles. The average molecular weight is 1040 g/mol. The summed E-state index contributed by atoms with van der Waals surface area (Å²) >= 11 is 0. The van der Waals surface area contributed by atoms with Crippen LogP contribution in [0.4, 0.5) is 20.1 Å². The van der Waals surface area contributed by atoms with E-state index in [2.05, 4.69) is 20.9 Å². The van der Waals surface area contributed by atoms with E-state index in [-0.39, 0.29) is 23.0 Å². The lowest BCUT2D eigenvalue weighted by molar-refractivity contribution is -0.166. The molecule has 0 fully saturated rings. The van der Waals surface area contributed by atoms with Crippen molar-refractivity contribution in [1.29, 1.82) is 0 Å². The van der Waals surface area contributed by atoms with Gasteiger partial charge in [-0.15, -0.1) is 0 Å². The number of benzene rings is 2. The molecule has 410 valence electrons. The van der Waals surface area contributed by atoms with Gasteiger partial charge in [-0.25, -0.2) is 29.0 Å². The second-order valence-corrected chi connectivity index (χ2v) is 22.8. The fraction of sp³-hybridized carbons (Fsp3) is 0.577. The van der Waals surface area contributed by atoms with Crippen LogP contribution in [0.5, 0.6) is 5.75 Å².